The van der Waals surface area contributed by atoms with Crippen molar-refractivity contribution in [1.82, 2.24) is 4.98 Å². The van der Waals surface area contributed by atoms with Crippen LogP contribution >= 0.6 is 0 Å². The Labute approximate surface area is 95.9 Å². The van der Waals surface area contributed by atoms with Crippen LogP contribution in [0.2, 0.25) is 0 Å². The Morgan fingerprint density at radius 1 is 1.56 bits per heavy atom. The number of aliphatic hydroxyl groups is 1. The molecule has 2 unspecified atom stereocenters. The van der Waals surface area contributed by atoms with Gasteiger partial charge in [-0.3, -0.25) is 0 Å². The van der Waals surface area contributed by atoms with E-state index in [0.29, 0.717) is 6.04 Å². The third-order valence-electron chi connectivity index (χ3n) is 2.89. The van der Waals surface area contributed by atoms with Gasteiger partial charge in [0.25, 0.3) is 0 Å². The monoisotopic (exact) mass is 222 g/mol. The molecule has 0 amide bonds. The molecule has 0 saturated carbocycles. The Kier molecular flexibility index (Phi) is 3.41. The van der Waals surface area contributed by atoms with Crippen molar-refractivity contribution in [2.75, 3.05) is 18.1 Å². The molecule has 1 aromatic rings. The zero-order valence-corrected chi connectivity index (χ0v) is 9.76. The van der Waals surface area contributed by atoms with E-state index in [0.717, 1.165) is 24.5 Å². The van der Waals surface area contributed by atoms with Crippen molar-refractivity contribution in [3.8, 4) is 0 Å². The Morgan fingerprint density at radius 3 is 3.12 bits per heavy atom. The van der Waals surface area contributed by atoms with E-state index in [-0.39, 0.29) is 12.7 Å². The summed E-state index contributed by atoms with van der Waals surface area (Å²) in [5.74, 6) is 0.925. The number of aliphatic hydroxyl groups excluding tert-OH is 1. The Morgan fingerprint density at radius 2 is 2.38 bits per heavy atom. The Balaban J connectivity index is 2.20. The highest BCUT2D eigenvalue weighted by Crippen LogP contribution is 2.20. The second-order valence-electron chi connectivity index (χ2n) is 4.33. The highest BCUT2D eigenvalue weighted by Gasteiger charge is 2.24. The lowest BCUT2D eigenvalue weighted by Crippen LogP contribution is -2.47. The molecule has 0 aromatic carbocycles. The van der Waals surface area contributed by atoms with Crippen LogP contribution in [0.25, 0.3) is 0 Å². The van der Waals surface area contributed by atoms with Crippen molar-refractivity contribution in [1.29, 1.82) is 0 Å². The van der Waals surface area contributed by atoms with Gasteiger partial charge in [-0.2, -0.15) is 0 Å². The van der Waals surface area contributed by atoms with Gasteiger partial charge >= 0.3 is 0 Å². The number of nitrogens with zero attached hydrogens (tertiary/aromatic N) is 2. The van der Waals surface area contributed by atoms with Gasteiger partial charge in [-0.1, -0.05) is 0 Å². The second-order valence-corrected chi connectivity index (χ2v) is 4.33. The normalized spacial score (nSPS) is 25.8. The maximum atomic E-state index is 9.11. The summed E-state index contributed by atoms with van der Waals surface area (Å²) in [4.78, 5) is 6.58. The lowest BCUT2D eigenvalue weighted by atomic mass is 10.2. The van der Waals surface area contributed by atoms with Crippen molar-refractivity contribution < 1.29 is 9.84 Å². The summed E-state index contributed by atoms with van der Waals surface area (Å²) < 4.78 is 5.58. The fraction of sp³-hybridized carbons (Fsp3) is 0.583. The first-order valence-electron chi connectivity index (χ1n) is 5.64. The molecule has 1 fully saturated rings. The van der Waals surface area contributed by atoms with Crippen molar-refractivity contribution in [3.05, 3.63) is 23.9 Å². The molecule has 1 aliphatic rings. The van der Waals surface area contributed by atoms with Gasteiger partial charge in [0.2, 0.25) is 0 Å². The molecule has 4 nitrogen and oxygen atoms in total. The summed E-state index contributed by atoms with van der Waals surface area (Å²) in [6, 6.07) is 4.10. The fourth-order valence-corrected chi connectivity index (χ4v) is 1.94. The molecular weight excluding hydrogens is 204 g/mol. The average molecular weight is 222 g/mol. The topological polar surface area (TPSA) is 45.6 Å². The molecule has 0 spiro atoms. The second kappa shape index (κ2) is 4.80. The average Bonchev–Trinajstić information content (AvgIpc) is 2.32. The predicted octanol–water partition coefficient (Wildman–Crippen LogP) is 1.19. The summed E-state index contributed by atoms with van der Waals surface area (Å²) in [5.41, 5.74) is 0.899. The maximum absolute atomic E-state index is 9.11. The molecule has 1 aromatic heterocycles. The molecular formula is C12H18N2O2. The number of aromatic nitrogens is 1. The number of pyridine rings is 1. The van der Waals surface area contributed by atoms with Crippen molar-refractivity contribution in [2.45, 2.75) is 32.6 Å². The van der Waals surface area contributed by atoms with Crippen LogP contribution in [-0.2, 0) is 11.3 Å². The number of anilines is 1. The molecule has 4 heteroatoms. The predicted molar refractivity (Wildman–Crippen MR) is 62.4 cm³/mol. The third kappa shape index (κ3) is 2.33. The van der Waals surface area contributed by atoms with Crippen LogP contribution < -0.4 is 4.90 Å². The van der Waals surface area contributed by atoms with E-state index < -0.39 is 0 Å². The van der Waals surface area contributed by atoms with Crippen LogP contribution in [0, 0.1) is 0 Å². The maximum Gasteiger partial charge on any atom is 0.129 e. The third-order valence-corrected chi connectivity index (χ3v) is 2.89. The number of hydrogen-bond donors (Lipinski definition) is 1. The van der Waals surface area contributed by atoms with Gasteiger partial charge in [-0.15, -0.1) is 0 Å². The molecule has 0 radical (unpaired) electrons. The first kappa shape index (κ1) is 11.4. The number of morpholine rings is 1. The molecule has 1 N–H and O–H groups in total. The first-order valence-corrected chi connectivity index (χ1v) is 5.64. The summed E-state index contributed by atoms with van der Waals surface area (Å²) >= 11 is 0. The number of ether oxygens (including phenoxy) is 1. The molecule has 2 heterocycles. The standard InChI is InChI=1S/C12H18N2O2/c1-9-8-16-10(2)6-14(9)12-5-11(7-15)3-4-13-12/h3-5,9-10,15H,6-8H2,1-2H3. The van der Waals surface area contributed by atoms with E-state index in [4.69, 9.17) is 9.84 Å². The molecule has 2 rings (SSSR count). The summed E-state index contributed by atoms with van der Waals surface area (Å²) in [6.07, 6.45) is 1.98. The van der Waals surface area contributed by atoms with Crippen molar-refractivity contribution in [2.24, 2.45) is 0 Å². The van der Waals surface area contributed by atoms with Crippen molar-refractivity contribution in [3.63, 3.8) is 0 Å². The Hall–Kier alpha value is -1.13. The van der Waals surface area contributed by atoms with Gasteiger partial charge in [0.05, 0.1) is 25.4 Å². The Bertz CT molecular complexity index is 357. The zero-order valence-electron chi connectivity index (χ0n) is 9.76. The van der Waals surface area contributed by atoms with Crippen LogP contribution in [0.4, 0.5) is 5.82 Å². The van der Waals surface area contributed by atoms with E-state index in [1.54, 1.807) is 6.20 Å². The van der Waals surface area contributed by atoms with E-state index in [1.165, 1.54) is 0 Å². The van der Waals surface area contributed by atoms with Gasteiger partial charge < -0.3 is 14.7 Å². The highest BCUT2D eigenvalue weighted by atomic mass is 16.5. The summed E-state index contributed by atoms with van der Waals surface area (Å²) in [6.45, 7) is 5.83. The summed E-state index contributed by atoms with van der Waals surface area (Å²) in [7, 11) is 0. The van der Waals surface area contributed by atoms with E-state index in [9.17, 15) is 0 Å². The van der Waals surface area contributed by atoms with Crippen LogP contribution in [0.15, 0.2) is 18.3 Å². The molecule has 0 aliphatic carbocycles. The number of rotatable bonds is 2. The zero-order chi connectivity index (χ0) is 11.5. The van der Waals surface area contributed by atoms with Gasteiger partial charge in [0, 0.05) is 12.7 Å². The molecule has 16 heavy (non-hydrogen) atoms. The highest BCUT2D eigenvalue weighted by molar-refractivity contribution is 5.42. The minimum atomic E-state index is 0.0593. The fourth-order valence-electron chi connectivity index (χ4n) is 1.94. The lowest BCUT2D eigenvalue weighted by Gasteiger charge is -2.37. The molecule has 88 valence electrons. The minimum absolute atomic E-state index is 0.0593. The largest absolute Gasteiger partial charge is 0.392 e. The van der Waals surface area contributed by atoms with Crippen LogP contribution in [-0.4, -0.2) is 35.4 Å². The van der Waals surface area contributed by atoms with Crippen LogP contribution in [0.3, 0.4) is 0 Å². The van der Waals surface area contributed by atoms with E-state index >= 15 is 0 Å². The van der Waals surface area contributed by atoms with E-state index in [2.05, 4.69) is 23.7 Å². The quantitative estimate of drug-likeness (QED) is 0.816. The molecule has 0 bridgehead atoms. The van der Waals surface area contributed by atoms with Crippen molar-refractivity contribution >= 4 is 5.82 Å². The molecule has 1 saturated heterocycles. The lowest BCUT2D eigenvalue weighted by molar-refractivity contribution is 0.0340. The smallest absolute Gasteiger partial charge is 0.129 e. The first-order chi connectivity index (χ1) is 7.70. The van der Waals surface area contributed by atoms with Gasteiger partial charge in [0.1, 0.15) is 5.82 Å². The van der Waals surface area contributed by atoms with Crippen LogP contribution in [0.1, 0.15) is 19.4 Å². The van der Waals surface area contributed by atoms with Gasteiger partial charge in [-0.05, 0) is 31.5 Å². The van der Waals surface area contributed by atoms with E-state index in [1.807, 2.05) is 12.1 Å². The number of hydrogen-bond acceptors (Lipinski definition) is 4. The minimum Gasteiger partial charge on any atom is -0.392 e. The SMILES string of the molecule is CC1CN(c2cc(CO)ccn2)C(C)CO1. The van der Waals surface area contributed by atoms with Gasteiger partial charge in [-0.25, -0.2) is 4.98 Å². The van der Waals surface area contributed by atoms with Crippen LogP contribution in [0.5, 0.6) is 0 Å². The summed E-state index contributed by atoms with van der Waals surface area (Å²) in [5, 5.41) is 9.11. The van der Waals surface area contributed by atoms with Gasteiger partial charge in [0.15, 0.2) is 0 Å². The molecule has 2 atom stereocenters. The molecule has 1 aliphatic heterocycles.